The first-order valence-electron chi connectivity index (χ1n) is 5.28. The molecule has 0 radical (unpaired) electrons. The smallest absolute Gasteiger partial charge is 0.120 e. The van der Waals surface area contributed by atoms with Gasteiger partial charge in [-0.3, -0.25) is 0 Å². The van der Waals surface area contributed by atoms with Crippen LogP contribution in [0.2, 0.25) is 0 Å². The Morgan fingerprint density at radius 1 is 1.38 bits per heavy atom. The fraction of sp³-hybridized carbons (Fsp3) is 0.333. The summed E-state index contributed by atoms with van der Waals surface area (Å²) in [6.07, 6.45) is 3.98. The van der Waals surface area contributed by atoms with Gasteiger partial charge in [0.1, 0.15) is 5.75 Å². The fourth-order valence-corrected chi connectivity index (χ4v) is 2.04. The summed E-state index contributed by atoms with van der Waals surface area (Å²) in [7, 11) is 0. The summed E-state index contributed by atoms with van der Waals surface area (Å²) in [6.45, 7) is 3.21. The lowest BCUT2D eigenvalue weighted by atomic mass is 10.3. The molecule has 4 N–H and O–H groups in total. The number of hydrogen-bond acceptors (Lipinski definition) is 4. The molecule has 0 unspecified atom stereocenters. The van der Waals surface area contributed by atoms with Crippen molar-refractivity contribution in [3.05, 3.63) is 30.4 Å². The minimum atomic E-state index is 0.578. The monoisotopic (exact) mass is 238 g/mol. The van der Waals surface area contributed by atoms with Crippen molar-refractivity contribution in [3.8, 4) is 5.75 Å². The Hall–Kier alpha value is -1.13. The normalized spacial score (nSPS) is 10.9. The van der Waals surface area contributed by atoms with Crippen LogP contribution in [0, 0.1) is 0 Å². The van der Waals surface area contributed by atoms with Crippen LogP contribution in [0.4, 0.5) is 5.69 Å². The molecule has 0 aliphatic heterocycles. The van der Waals surface area contributed by atoms with Gasteiger partial charge in [-0.05, 0) is 25.1 Å². The van der Waals surface area contributed by atoms with Crippen molar-refractivity contribution in [2.45, 2.75) is 11.8 Å². The number of rotatable bonds is 6. The van der Waals surface area contributed by atoms with Gasteiger partial charge in [-0.25, -0.2) is 0 Å². The van der Waals surface area contributed by atoms with Crippen LogP contribution < -0.4 is 16.2 Å². The zero-order valence-electron chi connectivity index (χ0n) is 9.48. The lowest BCUT2D eigenvalue weighted by Crippen LogP contribution is -1.95. The number of anilines is 1. The van der Waals surface area contributed by atoms with Crippen molar-refractivity contribution >= 4 is 17.4 Å². The second kappa shape index (κ2) is 7.19. The average Bonchev–Trinajstić information content (AvgIpc) is 2.29. The van der Waals surface area contributed by atoms with Gasteiger partial charge in [-0.1, -0.05) is 12.2 Å². The summed E-state index contributed by atoms with van der Waals surface area (Å²) in [6, 6.07) is 5.73. The van der Waals surface area contributed by atoms with Gasteiger partial charge in [0.05, 0.1) is 6.61 Å². The van der Waals surface area contributed by atoms with Crippen LogP contribution in [0.3, 0.4) is 0 Å². The van der Waals surface area contributed by atoms with Crippen LogP contribution in [0.1, 0.15) is 6.92 Å². The number of benzene rings is 1. The van der Waals surface area contributed by atoms with Crippen LogP contribution >= 0.6 is 11.8 Å². The van der Waals surface area contributed by atoms with Gasteiger partial charge in [-0.2, -0.15) is 0 Å². The Bertz CT molecular complexity index is 353. The molecule has 0 spiro atoms. The van der Waals surface area contributed by atoms with Crippen molar-refractivity contribution in [1.29, 1.82) is 0 Å². The van der Waals surface area contributed by atoms with E-state index in [1.807, 2.05) is 37.3 Å². The van der Waals surface area contributed by atoms with Crippen molar-refractivity contribution in [1.82, 2.24) is 0 Å². The summed E-state index contributed by atoms with van der Waals surface area (Å²) < 4.78 is 5.42. The average molecular weight is 238 g/mol. The Labute approximate surface area is 101 Å². The summed E-state index contributed by atoms with van der Waals surface area (Å²) in [5.41, 5.74) is 12.0. The highest BCUT2D eigenvalue weighted by molar-refractivity contribution is 7.99. The molecular formula is C12H18N2OS. The second-order valence-electron chi connectivity index (χ2n) is 3.15. The molecule has 3 nitrogen and oxygen atoms in total. The van der Waals surface area contributed by atoms with Crippen LogP contribution in [-0.4, -0.2) is 18.9 Å². The van der Waals surface area contributed by atoms with Crippen molar-refractivity contribution in [2.24, 2.45) is 5.73 Å². The van der Waals surface area contributed by atoms with Gasteiger partial charge in [0, 0.05) is 22.9 Å². The van der Waals surface area contributed by atoms with Gasteiger partial charge >= 0.3 is 0 Å². The molecular weight excluding hydrogens is 220 g/mol. The molecule has 0 amide bonds. The standard InChI is InChI=1S/C12H18N2OS/c1-2-15-10-5-6-11(14)12(9-10)16-8-4-3-7-13/h3-6,9H,2,7-8,13-14H2,1H3. The van der Waals surface area contributed by atoms with Gasteiger partial charge in [0.2, 0.25) is 0 Å². The van der Waals surface area contributed by atoms with Crippen molar-refractivity contribution in [3.63, 3.8) is 0 Å². The predicted octanol–water partition coefficient (Wildman–Crippen LogP) is 2.27. The van der Waals surface area contributed by atoms with E-state index in [-0.39, 0.29) is 0 Å². The summed E-state index contributed by atoms with van der Waals surface area (Å²) in [5.74, 6) is 1.73. The molecule has 0 bridgehead atoms. The highest BCUT2D eigenvalue weighted by atomic mass is 32.2. The Morgan fingerprint density at radius 2 is 2.19 bits per heavy atom. The molecule has 1 aromatic rings. The lowest BCUT2D eigenvalue weighted by molar-refractivity contribution is 0.339. The molecule has 4 heteroatoms. The zero-order valence-corrected chi connectivity index (χ0v) is 10.3. The SMILES string of the molecule is CCOc1ccc(N)c(SCC=CCN)c1. The third kappa shape index (κ3) is 4.16. The first-order chi connectivity index (χ1) is 7.77. The highest BCUT2D eigenvalue weighted by Gasteiger charge is 2.01. The zero-order chi connectivity index (χ0) is 11.8. The first kappa shape index (κ1) is 12.9. The maximum atomic E-state index is 5.88. The third-order valence-electron chi connectivity index (χ3n) is 1.93. The number of hydrogen-bond donors (Lipinski definition) is 2. The van der Waals surface area contributed by atoms with Gasteiger partial charge < -0.3 is 16.2 Å². The van der Waals surface area contributed by atoms with E-state index in [4.69, 9.17) is 16.2 Å². The minimum Gasteiger partial charge on any atom is -0.494 e. The molecule has 0 saturated heterocycles. The molecule has 0 aliphatic rings. The quantitative estimate of drug-likeness (QED) is 0.453. The third-order valence-corrected chi connectivity index (χ3v) is 2.96. The molecule has 0 atom stereocenters. The summed E-state index contributed by atoms with van der Waals surface area (Å²) >= 11 is 1.68. The van der Waals surface area contributed by atoms with Crippen LogP contribution in [0.25, 0.3) is 0 Å². The van der Waals surface area contributed by atoms with E-state index in [9.17, 15) is 0 Å². The Balaban J connectivity index is 2.62. The molecule has 0 aliphatic carbocycles. The molecule has 16 heavy (non-hydrogen) atoms. The Kier molecular flexibility index (Phi) is 5.82. The molecule has 0 fully saturated rings. The number of thioether (sulfide) groups is 1. The van der Waals surface area contributed by atoms with E-state index in [1.54, 1.807) is 11.8 Å². The van der Waals surface area contributed by atoms with Gasteiger partial charge in [0.25, 0.3) is 0 Å². The summed E-state index contributed by atoms with van der Waals surface area (Å²) in [5, 5.41) is 0. The number of nitrogen functional groups attached to an aromatic ring is 1. The molecule has 0 saturated carbocycles. The maximum absolute atomic E-state index is 5.88. The van der Waals surface area contributed by atoms with E-state index in [1.165, 1.54) is 0 Å². The van der Waals surface area contributed by atoms with Crippen LogP contribution in [-0.2, 0) is 0 Å². The maximum Gasteiger partial charge on any atom is 0.120 e. The van der Waals surface area contributed by atoms with Crippen molar-refractivity contribution in [2.75, 3.05) is 24.6 Å². The molecule has 0 aromatic heterocycles. The lowest BCUT2D eigenvalue weighted by Gasteiger charge is -2.07. The molecule has 1 aromatic carbocycles. The van der Waals surface area contributed by atoms with Crippen molar-refractivity contribution < 1.29 is 4.74 Å². The topological polar surface area (TPSA) is 61.3 Å². The predicted molar refractivity (Wildman–Crippen MR) is 70.9 cm³/mol. The van der Waals surface area contributed by atoms with Crippen LogP contribution in [0.15, 0.2) is 35.2 Å². The molecule has 0 heterocycles. The highest BCUT2D eigenvalue weighted by Crippen LogP contribution is 2.29. The fourth-order valence-electron chi connectivity index (χ4n) is 1.20. The largest absolute Gasteiger partial charge is 0.494 e. The minimum absolute atomic E-state index is 0.578. The van der Waals surface area contributed by atoms with Crippen LogP contribution in [0.5, 0.6) is 5.75 Å². The molecule has 1 rings (SSSR count). The van der Waals surface area contributed by atoms with E-state index in [0.717, 1.165) is 22.1 Å². The second-order valence-corrected chi connectivity index (χ2v) is 4.21. The Morgan fingerprint density at radius 3 is 2.88 bits per heavy atom. The molecule has 88 valence electrons. The van der Waals surface area contributed by atoms with E-state index in [2.05, 4.69) is 0 Å². The van der Waals surface area contributed by atoms with E-state index in [0.29, 0.717) is 13.2 Å². The number of nitrogens with two attached hydrogens (primary N) is 2. The van der Waals surface area contributed by atoms with Gasteiger partial charge in [-0.15, -0.1) is 11.8 Å². The van der Waals surface area contributed by atoms with E-state index < -0.39 is 0 Å². The van der Waals surface area contributed by atoms with Gasteiger partial charge in [0.15, 0.2) is 0 Å². The van der Waals surface area contributed by atoms with E-state index >= 15 is 0 Å². The summed E-state index contributed by atoms with van der Waals surface area (Å²) in [4.78, 5) is 1.05. The first-order valence-corrected chi connectivity index (χ1v) is 6.26. The number of ether oxygens (including phenoxy) is 1.